The first-order chi connectivity index (χ1) is 7.70. The molecule has 0 aromatic rings. The summed E-state index contributed by atoms with van der Waals surface area (Å²) in [7, 11) is -2.58. The molecule has 0 fully saturated rings. The molecular weight excluding hydrogens is 220 g/mol. The predicted octanol–water partition coefficient (Wildman–Crippen LogP) is 3.32. The van der Waals surface area contributed by atoms with Crippen LogP contribution in [0.1, 0.15) is 47.5 Å². The van der Waals surface area contributed by atoms with E-state index in [2.05, 4.69) is 19.9 Å². The fraction of sp³-hybridized carbons (Fsp3) is 0.833. The van der Waals surface area contributed by atoms with Crippen LogP contribution in [0.5, 0.6) is 0 Å². The topological polar surface area (TPSA) is 27.7 Å². The van der Waals surface area contributed by atoms with Crippen LogP contribution < -0.4 is 0 Å². The van der Waals surface area contributed by atoms with Crippen molar-refractivity contribution >= 4 is 8.80 Å². The van der Waals surface area contributed by atoms with Crippen molar-refractivity contribution in [2.75, 3.05) is 19.8 Å². The molecule has 0 saturated carbocycles. The Bertz CT molecular complexity index is 187. The first-order valence-corrected chi connectivity index (χ1v) is 8.04. The lowest BCUT2D eigenvalue weighted by atomic mass is 10.3. The smallest absolute Gasteiger partial charge is 0.370 e. The Balaban J connectivity index is 5.01. The summed E-state index contributed by atoms with van der Waals surface area (Å²) >= 11 is 0. The molecule has 0 aromatic carbocycles. The van der Waals surface area contributed by atoms with Crippen LogP contribution in [-0.2, 0) is 13.3 Å². The molecule has 0 aliphatic rings. The van der Waals surface area contributed by atoms with Crippen molar-refractivity contribution in [3.05, 3.63) is 11.3 Å². The Kier molecular flexibility index (Phi) is 8.84. The van der Waals surface area contributed by atoms with Gasteiger partial charge in [0, 0.05) is 19.8 Å². The highest BCUT2D eigenvalue weighted by Gasteiger charge is 2.43. The lowest BCUT2D eigenvalue weighted by Crippen LogP contribution is -2.48. The summed E-state index contributed by atoms with van der Waals surface area (Å²) in [5, 5.41) is 1.21. The van der Waals surface area contributed by atoms with Gasteiger partial charge in [0.05, 0.1) is 0 Å². The quantitative estimate of drug-likeness (QED) is 0.584. The second-order valence-electron chi connectivity index (χ2n) is 3.35. The monoisotopic (exact) mass is 246 g/mol. The zero-order valence-electron chi connectivity index (χ0n) is 11.3. The summed E-state index contributed by atoms with van der Waals surface area (Å²) in [6.45, 7) is 12.1. The third-order valence-corrected chi connectivity index (χ3v) is 5.58. The SMILES string of the molecule is CC/C=C(\CC)[Si](OCC)(OCC)OCC. The maximum Gasteiger partial charge on any atom is 0.532 e. The number of hydrogen-bond acceptors (Lipinski definition) is 3. The van der Waals surface area contributed by atoms with Gasteiger partial charge in [0.25, 0.3) is 0 Å². The average molecular weight is 246 g/mol. The molecule has 0 saturated heterocycles. The Morgan fingerprint density at radius 3 is 1.56 bits per heavy atom. The van der Waals surface area contributed by atoms with Crippen molar-refractivity contribution in [3.8, 4) is 0 Å². The number of allylic oxidation sites excluding steroid dienone is 2. The van der Waals surface area contributed by atoms with E-state index in [1.165, 1.54) is 5.20 Å². The van der Waals surface area contributed by atoms with E-state index in [4.69, 9.17) is 13.3 Å². The van der Waals surface area contributed by atoms with Gasteiger partial charge in [-0.15, -0.1) is 0 Å². The van der Waals surface area contributed by atoms with Crippen molar-refractivity contribution in [3.63, 3.8) is 0 Å². The van der Waals surface area contributed by atoms with Crippen LogP contribution >= 0.6 is 0 Å². The summed E-state index contributed by atoms with van der Waals surface area (Å²) in [6.07, 6.45) is 4.11. The maximum absolute atomic E-state index is 5.84. The van der Waals surface area contributed by atoms with E-state index in [1.807, 2.05) is 20.8 Å². The predicted molar refractivity (Wildman–Crippen MR) is 69.3 cm³/mol. The molecule has 0 unspecified atom stereocenters. The largest absolute Gasteiger partial charge is 0.532 e. The second kappa shape index (κ2) is 8.93. The molecule has 0 aliphatic carbocycles. The zero-order valence-corrected chi connectivity index (χ0v) is 12.3. The Labute approximate surface area is 101 Å². The Hall–Kier alpha value is -0.163. The van der Waals surface area contributed by atoms with Gasteiger partial charge in [0.2, 0.25) is 0 Å². The first kappa shape index (κ1) is 15.8. The molecule has 4 heteroatoms. The van der Waals surface area contributed by atoms with Crippen LogP contribution in [0.25, 0.3) is 0 Å². The third kappa shape index (κ3) is 4.37. The van der Waals surface area contributed by atoms with Crippen molar-refractivity contribution in [2.24, 2.45) is 0 Å². The van der Waals surface area contributed by atoms with E-state index in [0.717, 1.165) is 12.8 Å². The van der Waals surface area contributed by atoms with Crippen LogP contribution in [0.3, 0.4) is 0 Å². The van der Waals surface area contributed by atoms with Crippen molar-refractivity contribution in [1.82, 2.24) is 0 Å². The molecule has 0 aromatic heterocycles. The molecule has 0 rings (SSSR count). The molecule has 0 spiro atoms. The molecule has 0 aliphatic heterocycles. The molecule has 0 radical (unpaired) electrons. The van der Waals surface area contributed by atoms with E-state index in [0.29, 0.717) is 19.8 Å². The standard InChI is InChI=1S/C12H26O3Si/c1-6-11-12(7-2)16(13-8-3,14-9-4)15-10-5/h11H,6-10H2,1-5H3/b12-11+. The molecule has 0 amide bonds. The van der Waals surface area contributed by atoms with E-state index >= 15 is 0 Å². The Morgan fingerprint density at radius 1 is 0.875 bits per heavy atom. The minimum atomic E-state index is -2.58. The second-order valence-corrected chi connectivity index (χ2v) is 5.97. The minimum Gasteiger partial charge on any atom is -0.370 e. The molecule has 96 valence electrons. The van der Waals surface area contributed by atoms with Gasteiger partial charge < -0.3 is 13.3 Å². The van der Waals surface area contributed by atoms with Gasteiger partial charge in [-0.25, -0.2) is 0 Å². The van der Waals surface area contributed by atoms with Crippen LogP contribution in [0.15, 0.2) is 11.3 Å². The number of rotatable bonds is 9. The fourth-order valence-electron chi connectivity index (χ4n) is 1.71. The van der Waals surface area contributed by atoms with Gasteiger partial charge in [-0.05, 0) is 38.8 Å². The van der Waals surface area contributed by atoms with Gasteiger partial charge in [0.1, 0.15) is 0 Å². The van der Waals surface area contributed by atoms with E-state index in [-0.39, 0.29) is 0 Å². The fourth-order valence-corrected chi connectivity index (χ4v) is 4.54. The van der Waals surface area contributed by atoms with Crippen molar-refractivity contribution in [2.45, 2.75) is 47.5 Å². The third-order valence-electron chi connectivity index (χ3n) is 2.23. The van der Waals surface area contributed by atoms with Gasteiger partial charge >= 0.3 is 8.80 Å². The van der Waals surface area contributed by atoms with Crippen molar-refractivity contribution < 1.29 is 13.3 Å². The molecule has 0 N–H and O–H groups in total. The number of hydrogen-bond donors (Lipinski definition) is 0. The van der Waals surface area contributed by atoms with Crippen LogP contribution in [0, 0.1) is 0 Å². The summed E-state index contributed by atoms with van der Waals surface area (Å²) in [6, 6.07) is 0. The van der Waals surface area contributed by atoms with E-state index in [9.17, 15) is 0 Å². The zero-order chi connectivity index (χ0) is 12.4. The van der Waals surface area contributed by atoms with E-state index < -0.39 is 8.80 Å². The molecule has 0 heterocycles. The minimum absolute atomic E-state index is 0.632. The first-order valence-electron chi connectivity index (χ1n) is 6.31. The molecule has 3 nitrogen and oxygen atoms in total. The van der Waals surface area contributed by atoms with Crippen molar-refractivity contribution in [1.29, 1.82) is 0 Å². The van der Waals surface area contributed by atoms with Crippen LogP contribution in [0.4, 0.5) is 0 Å². The van der Waals surface area contributed by atoms with Gasteiger partial charge in [-0.1, -0.05) is 19.9 Å². The summed E-state index contributed by atoms with van der Waals surface area (Å²) < 4.78 is 17.5. The summed E-state index contributed by atoms with van der Waals surface area (Å²) in [5.74, 6) is 0. The van der Waals surface area contributed by atoms with Crippen LogP contribution in [0.2, 0.25) is 0 Å². The van der Waals surface area contributed by atoms with Gasteiger partial charge in [-0.2, -0.15) is 0 Å². The molecule has 0 atom stereocenters. The molecular formula is C12H26O3Si. The normalized spacial score (nSPS) is 13.2. The lowest BCUT2D eigenvalue weighted by molar-refractivity contribution is 0.0799. The van der Waals surface area contributed by atoms with Crippen LogP contribution in [-0.4, -0.2) is 28.6 Å². The maximum atomic E-state index is 5.84. The van der Waals surface area contributed by atoms with E-state index in [1.54, 1.807) is 0 Å². The lowest BCUT2D eigenvalue weighted by Gasteiger charge is -2.30. The summed E-state index contributed by atoms with van der Waals surface area (Å²) in [5.41, 5.74) is 0. The highest BCUT2D eigenvalue weighted by molar-refractivity contribution is 6.68. The van der Waals surface area contributed by atoms with Gasteiger partial charge in [-0.3, -0.25) is 0 Å². The average Bonchev–Trinajstić information content (AvgIpc) is 2.26. The summed E-state index contributed by atoms with van der Waals surface area (Å²) in [4.78, 5) is 0. The van der Waals surface area contributed by atoms with Gasteiger partial charge in [0.15, 0.2) is 0 Å². The molecule has 0 bridgehead atoms. The highest BCUT2D eigenvalue weighted by atomic mass is 28.4. The highest BCUT2D eigenvalue weighted by Crippen LogP contribution is 2.23. The Morgan fingerprint density at radius 2 is 1.31 bits per heavy atom. The molecule has 16 heavy (non-hydrogen) atoms.